The Hall–Kier alpha value is -1.62. The number of hydrogen-bond donors (Lipinski definition) is 0. The highest BCUT2D eigenvalue weighted by molar-refractivity contribution is 7.89. The van der Waals surface area contributed by atoms with Crippen molar-refractivity contribution in [2.24, 2.45) is 0 Å². The van der Waals surface area contributed by atoms with Crippen molar-refractivity contribution in [3.63, 3.8) is 0 Å². The van der Waals surface area contributed by atoms with Crippen molar-refractivity contribution in [3.8, 4) is 6.07 Å². The Morgan fingerprint density at radius 3 is 2.67 bits per heavy atom. The van der Waals surface area contributed by atoms with E-state index in [1.165, 1.54) is 22.5 Å². The van der Waals surface area contributed by atoms with Crippen LogP contribution in [-0.2, 0) is 14.8 Å². The number of halogens is 1. The number of piperidine rings is 1. The molecule has 0 aromatic heterocycles. The number of benzene rings is 1. The van der Waals surface area contributed by atoms with Crippen molar-refractivity contribution in [1.82, 2.24) is 9.21 Å². The van der Waals surface area contributed by atoms with E-state index in [0.29, 0.717) is 38.0 Å². The fourth-order valence-electron chi connectivity index (χ4n) is 3.37. The van der Waals surface area contributed by atoms with Crippen molar-refractivity contribution in [2.75, 3.05) is 19.6 Å². The van der Waals surface area contributed by atoms with Crippen LogP contribution in [0.15, 0.2) is 23.1 Å². The molecule has 1 amide bonds. The first kappa shape index (κ1) is 17.2. The molecule has 0 saturated carbocycles. The van der Waals surface area contributed by atoms with Crippen LogP contribution in [0.2, 0.25) is 5.02 Å². The summed E-state index contributed by atoms with van der Waals surface area (Å²) in [5.41, 5.74) is 0.318. The molecule has 8 heteroatoms. The average Bonchev–Trinajstić information content (AvgIpc) is 3.00. The van der Waals surface area contributed by atoms with Gasteiger partial charge in [-0.05, 0) is 37.5 Å². The second kappa shape index (κ2) is 6.71. The molecule has 1 aromatic rings. The number of nitriles is 1. The second-order valence-corrected chi connectivity index (χ2v) is 8.42. The van der Waals surface area contributed by atoms with Gasteiger partial charge in [-0.15, -0.1) is 0 Å². The van der Waals surface area contributed by atoms with E-state index < -0.39 is 10.0 Å². The fraction of sp³-hybridized carbons (Fsp3) is 0.500. The SMILES string of the molecule is N#Cc1ccc(S(=O)(=O)N2CCC[C@H](N3CCCC3=O)C2)c(Cl)c1. The summed E-state index contributed by atoms with van der Waals surface area (Å²) in [5, 5.41) is 8.93. The number of likely N-dealkylation sites (tertiary alicyclic amines) is 1. The Morgan fingerprint density at radius 1 is 1.25 bits per heavy atom. The molecule has 2 aliphatic rings. The number of sulfonamides is 1. The predicted octanol–water partition coefficient (Wildman–Crippen LogP) is 1.99. The molecule has 2 aliphatic heterocycles. The largest absolute Gasteiger partial charge is 0.338 e. The van der Waals surface area contributed by atoms with E-state index in [-0.39, 0.29) is 21.9 Å². The fourth-order valence-corrected chi connectivity index (χ4v) is 5.40. The molecule has 2 saturated heterocycles. The van der Waals surface area contributed by atoms with Crippen molar-refractivity contribution in [3.05, 3.63) is 28.8 Å². The number of carbonyl (C=O) groups is 1. The van der Waals surface area contributed by atoms with Crippen LogP contribution in [0.1, 0.15) is 31.2 Å². The lowest BCUT2D eigenvalue weighted by Crippen LogP contribution is -2.50. The van der Waals surface area contributed by atoms with Crippen LogP contribution in [0.4, 0.5) is 0 Å². The standard InChI is InChI=1S/C16H18ClN3O3S/c17-14-9-12(10-18)5-6-15(14)24(22,23)19-7-1-3-13(11-19)20-8-2-4-16(20)21/h5-6,9,13H,1-4,7-8,11H2/t13-/m0/s1. The molecule has 0 aliphatic carbocycles. The first-order valence-electron chi connectivity index (χ1n) is 7.93. The molecule has 0 N–H and O–H groups in total. The lowest BCUT2D eigenvalue weighted by molar-refractivity contribution is -0.130. The molecular formula is C16H18ClN3O3S. The topological polar surface area (TPSA) is 81.5 Å². The van der Waals surface area contributed by atoms with Gasteiger partial charge in [0.2, 0.25) is 15.9 Å². The molecule has 128 valence electrons. The summed E-state index contributed by atoms with van der Waals surface area (Å²) in [7, 11) is -3.74. The molecule has 2 heterocycles. The quantitative estimate of drug-likeness (QED) is 0.818. The minimum Gasteiger partial charge on any atom is -0.338 e. The number of amides is 1. The van der Waals surface area contributed by atoms with Gasteiger partial charge >= 0.3 is 0 Å². The van der Waals surface area contributed by atoms with Gasteiger partial charge in [-0.1, -0.05) is 11.6 Å². The molecule has 0 unspecified atom stereocenters. The van der Waals surface area contributed by atoms with E-state index in [0.717, 1.165) is 12.8 Å². The zero-order chi connectivity index (χ0) is 17.3. The van der Waals surface area contributed by atoms with Gasteiger partial charge in [0, 0.05) is 32.1 Å². The first-order chi connectivity index (χ1) is 11.4. The molecule has 6 nitrogen and oxygen atoms in total. The number of rotatable bonds is 3. The van der Waals surface area contributed by atoms with Crippen LogP contribution in [0, 0.1) is 11.3 Å². The highest BCUT2D eigenvalue weighted by atomic mass is 35.5. The van der Waals surface area contributed by atoms with Gasteiger partial charge in [-0.25, -0.2) is 8.42 Å². The molecule has 0 radical (unpaired) electrons. The minimum absolute atomic E-state index is 0.0107. The third-order valence-corrected chi connectivity index (χ3v) is 6.94. The minimum atomic E-state index is -3.74. The summed E-state index contributed by atoms with van der Waals surface area (Å²) < 4.78 is 27.2. The monoisotopic (exact) mass is 367 g/mol. The van der Waals surface area contributed by atoms with Gasteiger partial charge in [0.15, 0.2) is 0 Å². The maximum absolute atomic E-state index is 12.9. The van der Waals surface area contributed by atoms with Crippen molar-refractivity contribution in [2.45, 2.75) is 36.6 Å². The van der Waals surface area contributed by atoms with Crippen LogP contribution >= 0.6 is 11.6 Å². The molecule has 3 rings (SSSR count). The van der Waals surface area contributed by atoms with Crippen molar-refractivity contribution < 1.29 is 13.2 Å². The average molecular weight is 368 g/mol. The molecular weight excluding hydrogens is 350 g/mol. The Balaban J connectivity index is 1.84. The van der Waals surface area contributed by atoms with Crippen LogP contribution in [-0.4, -0.2) is 49.2 Å². The van der Waals surface area contributed by atoms with Crippen molar-refractivity contribution in [1.29, 1.82) is 5.26 Å². The normalized spacial score (nSPS) is 22.6. The van der Waals surface area contributed by atoms with Crippen molar-refractivity contribution >= 4 is 27.5 Å². The lowest BCUT2D eigenvalue weighted by Gasteiger charge is -2.37. The number of nitrogens with zero attached hydrogens (tertiary/aromatic N) is 3. The Labute approximate surface area is 146 Å². The number of carbonyl (C=O) groups excluding carboxylic acids is 1. The third-order valence-electron chi connectivity index (χ3n) is 4.59. The predicted molar refractivity (Wildman–Crippen MR) is 88.9 cm³/mol. The molecule has 0 spiro atoms. The van der Waals surface area contributed by atoms with E-state index in [1.54, 1.807) is 0 Å². The lowest BCUT2D eigenvalue weighted by atomic mass is 10.1. The van der Waals surface area contributed by atoms with E-state index in [4.69, 9.17) is 16.9 Å². The zero-order valence-corrected chi connectivity index (χ0v) is 14.7. The third kappa shape index (κ3) is 3.14. The molecule has 2 fully saturated rings. The van der Waals surface area contributed by atoms with E-state index in [2.05, 4.69) is 0 Å². The summed E-state index contributed by atoms with van der Waals surface area (Å²) in [5.74, 6) is 0.107. The Morgan fingerprint density at radius 2 is 2.04 bits per heavy atom. The van der Waals surface area contributed by atoms with Gasteiger partial charge < -0.3 is 4.90 Å². The molecule has 1 atom stereocenters. The van der Waals surface area contributed by atoms with Crippen LogP contribution in [0.25, 0.3) is 0 Å². The van der Waals surface area contributed by atoms with Gasteiger partial charge in [0.05, 0.1) is 16.7 Å². The summed E-state index contributed by atoms with van der Waals surface area (Å²) >= 11 is 6.08. The first-order valence-corrected chi connectivity index (χ1v) is 9.74. The smallest absolute Gasteiger partial charge is 0.244 e. The maximum Gasteiger partial charge on any atom is 0.244 e. The molecule has 24 heavy (non-hydrogen) atoms. The maximum atomic E-state index is 12.9. The second-order valence-electron chi connectivity index (χ2n) is 6.11. The van der Waals surface area contributed by atoms with E-state index in [9.17, 15) is 13.2 Å². The van der Waals surface area contributed by atoms with E-state index >= 15 is 0 Å². The summed E-state index contributed by atoms with van der Waals surface area (Å²) in [6.07, 6.45) is 2.91. The van der Waals surface area contributed by atoms with Gasteiger partial charge in [-0.3, -0.25) is 4.79 Å². The molecule has 0 bridgehead atoms. The Kier molecular flexibility index (Phi) is 4.81. The van der Waals surface area contributed by atoms with Crippen LogP contribution in [0.5, 0.6) is 0 Å². The summed E-state index contributed by atoms with van der Waals surface area (Å²) in [6, 6.07) is 6.05. The number of hydrogen-bond acceptors (Lipinski definition) is 4. The Bertz CT molecular complexity index is 803. The van der Waals surface area contributed by atoms with Crippen LogP contribution < -0.4 is 0 Å². The molecule has 1 aromatic carbocycles. The highest BCUT2D eigenvalue weighted by Gasteiger charge is 2.36. The zero-order valence-electron chi connectivity index (χ0n) is 13.1. The van der Waals surface area contributed by atoms with E-state index in [1.807, 2.05) is 11.0 Å². The van der Waals surface area contributed by atoms with Gasteiger partial charge in [0.1, 0.15) is 4.90 Å². The summed E-state index contributed by atoms with van der Waals surface area (Å²) in [4.78, 5) is 13.7. The highest BCUT2D eigenvalue weighted by Crippen LogP contribution is 2.29. The summed E-state index contributed by atoms with van der Waals surface area (Å²) in [6.45, 7) is 1.41. The van der Waals surface area contributed by atoms with Gasteiger partial charge in [0.25, 0.3) is 0 Å². The van der Waals surface area contributed by atoms with Crippen LogP contribution in [0.3, 0.4) is 0 Å². The van der Waals surface area contributed by atoms with Gasteiger partial charge in [-0.2, -0.15) is 9.57 Å².